The fourth-order valence-corrected chi connectivity index (χ4v) is 6.47. The number of allylic oxidation sites excluding steroid dienone is 2. The summed E-state index contributed by atoms with van der Waals surface area (Å²) in [6.45, 7) is 0.548. The van der Waals surface area contributed by atoms with Crippen molar-refractivity contribution in [2.24, 2.45) is 0 Å². The number of hydrogen-bond donors (Lipinski definition) is 1. The number of nitrogens with zero attached hydrogens (tertiary/aromatic N) is 2. The number of hydrogen-bond acceptors (Lipinski definition) is 6. The highest BCUT2D eigenvalue weighted by molar-refractivity contribution is 8.00. The van der Waals surface area contributed by atoms with Gasteiger partial charge in [0.1, 0.15) is 11.4 Å². The summed E-state index contributed by atoms with van der Waals surface area (Å²) in [5, 5.41) is 15.0. The van der Waals surface area contributed by atoms with Crippen molar-refractivity contribution in [3.63, 3.8) is 0 Å². The Morgan fingerprint density at radius 2 is 1.89 bits per heavy atom. The highest BCUT2D eigenvalue weighted by Gasteiger charge is 2.52. The third-order valence-electron chi connectivity index (χ3n) is 5.25. The fraction of sp³-hybridized carbons (Fsp3) is 0.217. The molecular weight excluding hydrogens is 553 g/mol. The Morgan fingerprint density at radius 1 is 1.17 bits per heavy atom. The molecule has 3 heterocycles. The van der Waals surface area contributed by atoms with Crippen molar-refractivity contribution in [3.8, 4) is 0 Å². The number of aliphatic carboxylic acids is 1. The van der Waals surface area contributed by atoms with Crippen LogP contribution in [0.3, 0.4) is 0 Å². The molecule has 0 unspecified atom stereocenters. The molecule has 0 radical (unpaired) electrons. The molecule has 2 aliphatic rings. The SMILES string of the molecule is O=C(CSc1cc(Cl)c(Cl)cc1Cl)N[C@@H]1C(=O)N2C(C(=O)[O-])=C(C=CC[n+]3ccccc3)CS[C@H]12. The van der Waals surface area contributed by atoms with Crippen molar-refractivity contribution in [2.45, 2.75) is 22.9 Å². The molecule has 0 aliphatic carbocycles. The lowest BCUT2D eigenvalue weighted by molar-refractivity contribution is -0.687. The first-order valence-corrected chi connectivity index (χ1v) is 13.5. The molecular formula is C23H18Cl3N3O4S2. The second-order valence-corrected chi connectivity index (χ2v) is 10.9. The number of fused-ring (bicyclic) bond motifs is 1. The maximum absolute atomic E-state index is 12.8. The molecule has 35 heavy (non-hydrogen) atoms. The van der Waals surface area contributed by atoms with E-state index in [-0.39, 0.29) is 17.4 Å². The standard InChI is InChI=1S/C23H18Cl3N3O4S2/c24-14-9-16(26)17(10-15(14)25)34-12-18(30)27-19-21(31)29-20(23(32)33)13(11-35-22(19)29)5-4-8-28-6-2-1-3-7-28/h1-7,9-10,19,22H,8,11-12H2,(H-,27,30,32,33)/t19-,22-/m1/s1. The van der Waals surface area contributed by atoms with Gasteiger partial charge >= 0.3 is 0 Å². The first-order chi connectivity index (χ1) is 16.8. The van der Waals surface area contributed by atoms with Gasteiger partial charge in [0.25, 0.3) is 5.91 Å². The molecule has 1 fully saturated rings. The number of amides is 2. The Hall–Kier alpha value is -2.17. The van der Waals surface area contributed by atoms with E-state index in [0.29, 0.717) is 37.8 Å². The number of pyridine rings is 1. The van der Waals surface area contributed by atoms with Crippen molar-refractivity contribution in [1.29, 1.82) is 0 Å². The summed E-state index contributed by atoms with van der Waals surface area (Å²) in [7, 11) is 0. The van der Waals surface area contributed by atoms with Crippen LogP contribution in [0.4, 0.5) is 0 Å². The normalized spacial score (nSPS) is 19.5. The first-order valence-electron chi connectivity index (χ1n) is 10.3. The van der Waals surface area contributed by atoms with Crippen molar-refractivity contribution < 1.29 is 24.1 Å². The predicted molar refractivity (Wildman–Crippen MR) is 135 cm³/mol. The molecule has 1 N–H and O–H groups in total. The van der Waals surface area contributed by atoms with Crippen molar-refractivity contribution >= 4 is 76.1 Å². The van der Waals surface area contributed by atoms with Gasteiger partial charge in [-0.25, -0.2) is 4.57 Å². The Morgan fingerprint density at radius 3 is 2.60 bits per heavy atom. The van der Waals surface area contributed by atoms with Crippen LogP contribution in [0.25, 0.3) is 0 Å². The van der Waals surface area contributed by atoms with Gasteiger partial charge in [0, 0.05) is 22.8 Å². The zero-order valence-corrected chi connectivity index (χ0v) is 21.9. The van der Waals surface area contributed by atoms with E-state index in [1.165, 1.54) is 22.7 Å². The topological polar surface area (TPSA) is 93.4 Å². The number of thioether (sulfide) groups is 2. The fourth-order valence-electron chi connectivity index (χ4n) is 3.61. The minimum atomic E-state index is -1.43. The molecule has 2 amide bonds. The van der Waals surface area contributed by atoms with Crippen molar-refractivity contribution in [2.75, 3.05) is 11.5 Å². The summed E-state index contributed by atoms with van der Waals surface area (Å²) < 4.78 is 1.93. The number of benzene rings is 1. The molecule has 0 spiro atoms. The summed E-state index contributed by atoms with van der Waals surface area (Å²) in [5.41, 5.74) is 0.334. The third-order valence-corrected chi connectivity index (χ3v) is 8.76. The highest BCUT2D eigenvalue weighted by Crippen LogP contribution is 2.40. The van der Waals surface area contributed by atoms with Crippen LogP contribution >= 0.6 is 58.3 Å². The number of carbonyl (C=O) groups is 3. The minimum Gasteiger partial charge on any atom is -0.543 e. The lowest BCUT2D eigenvalue weighted by Gasteiger charge is -2.50. The molecule has 2 atom stereocenters. The van der Waals surface area contributed by atoms with Gasteiger partial charge in [-0.2, -0.15) is 0 Å². The molecule has 2 aromatic rings. The molecule has 1 aromatic carbocycles. The summed E-state index contributed by atoms with van der Waals surface area (Å²) in [4.78, 5) is 38.9. The van der Waals surface area contributed by atoms with E-state index < -0.39 is 23.3 Å². The smallest absolute Gasteiger partial charge is 0.253 e. The molecule has 182 valence electrons. The number of rotatable bonds is 8. The number of β-lactam (4-membered cyclic amide) rings is 1. The van der Waals surface area contributed by atoms with Gasteiger partial charge in [0.2, 0.25) is 5.91 Å². The third kappa shape index (κ3) is 5.81. The minimum absolute atomic E-state index is 0.00677. The number of carboxylic acid groups (broad SMARTS) is 1. The quantitative estimate of drug-likeness (QED) is 0.227. The summed E-state index contributed by atoms with van der Waals surface area (Å²) in [6.07, 6.45) is 7.31. The monoisotopic (exact) mass is 569 g/mol. The lowest BCUT2D eigenvalue weighted by Crippen LogP contribution is -2.71. The summed E-state index contributed by atoms with van der Waals surface area (Å²) in [6, 6.07) is 7.94. The zero-order chi connectivity index (χ0) is 25.1. The van der Waals surface area contributed by atoms with Gasteiger partial charge in [-0.05, 0) is 23.8 Å². The molecule has 0 bridgehead atoms. The predicted octanol–water partition coefficient (Wildman–Crippen LogP) is 2.69. The van der Waals surface area contributed by atoms with E-state index in [9.17, 15) is 19.5 Å². The Bertz CT molecular complexity index is 1240. The molecule has 4 rings (SSSR count). The number of carbonyl (C=O) groups excluding carboxylic acids is 3. The maximum atomic E-state index is 12.8. The van der Waals surface area contributed by atoms with Crippen LogP contribution in [-0.4, -0.2) is 45.6 Å². The van der Waals surface area contributed by atoms with Crippen LogP contribution in [-0.2, 0) is 20.9 Å². The van der Waals surface area contributed by atoms with Crippen LogP contribution in [0.1, 0.15) is 0 Å². The van der Waals surface area contributed by atoms with E-state index in [4.69, 9.17) is 34.8 Å². The van der Waals surface area contributed by atoms with Gasteiger partial charge in [-0.15, -0.1) is 23.5 Å². The van der Waals surface area contributed by atoms with E-state index in [1.54, 1.807) is 12.1 Å². The molecule has 1 aromatic heterocycles. The average Bonchev–Trinajstić information content (AvgIpc) is 2.84. The molecule has 7 nitrogen and oxygen atoms in total. The zero-order valence-electron chi connectivity index (χ0n) is 17.9. The number of nitrogens with one attached hydrogen (secondary N) is 1. The average molecular weight is 571 g/mol. The van der Waals surface area contributed by atoms with Crippen LogP contribution in [0.15, 0.2) is 71.0 Å². The lowest BCUT2D eigenvalue weighted by atomic mass is 10.0. The van der Waals surface area contributed by atoms with Crippen LogP contribution < -0.4 is 15.0 Å². The van der Waals surface area contributed by atoms with Crippen molar-refractivity contribution in [3.05, 3.63) is 81.2 Å². The largest absolute Gasteiger partial charge is 0.543 e. The van der Waals surface area contributed by atoms with Crippen LogP contribution in [0.2, 0.25) is 15.1 Å². The van der Waals surface area contributed by atoms with Gasteiger partial charge in [-0.3, -0.25) is 14.5 Å². The van der Waals surface area contributed by atoms with E-state index in [0.717, 1.165) is 11.8 Å². The second kappa shape index (κ2) is 11.3. The van der Waals surface area contributed by atoms with E-state index >= 15 is 0 Å². The van der Waals surface area contributed by atoms with Crippen molar-refractivity contribution in [1.82, 2.24) is 10.2 Å². The summed E-state index contributed by atoms with van der Waals surface area (Å²) in [5.74, 6) is -1.94. The van der Waals surface area contributed by atoms with Gasteiger partial charge in [-0.1, -0.05) is 46.9 Å². The summed E-state index contributed by atoms with van der Waals surface area (Å²) >= 11 is 20.6. The Kier molecular flexibility index (Phi) is 8.34. The Balaban J connectivity index is 1.39. The number of halogens is 3. The van der Waals surface area contributed by atoms with Gasteiger partial charge < -0.3 is 15.2 Å². The molecule has 12 heteroatoms. The maximum Gasteiger partial charge on any atom is 0.253 e. The molecule has 0 saturated carbocycles. The number of carboxylic acids is 1. The highest BCUT2D eigenvalue weighted by atomic mass is 35.5. The van der Waals surface area contributed by atoms with Crippen LogP contribution in [0, 0.1) is 0 Å². The van der Waals surface area contributed by atoms with E-state index in [1.807, 2.05) is 41.2 Å². The van der Waals surface area contributed by atoms with Gasteiger partial charge in [0.05, 0.1) is 32.5 Å². The Labute approximate surface area is 225 Å². The molecule has 2 aliphatic heterocycles. The first kappa shape index (κ1) is 25.9. The van der Waals surface area contributed by atoms with E-state index in [2.05, 4.69) is 5.32 Å². The molecule has 1 saturated heterocycles. The van der Waals surface area contributed by atoms with Gasteiger partial charge in [0.15, 0.2) is 18.9 Å². The second-order valence-electron chi connectivity index (χ2n) is 7.58. The number of aromatic nitrogens is 1. The van der Waals surface area contributed by atoms with Crippen LogP contribution in [0.5, 0.6) is 0 Å².